The molecule has 1 aliphatic heterocycles. The molecule has 1 saturated heterocycles. The van der Waals surface area contributed by atoms with Crippen molar-refractivity contribution >= 4 is 21.9 Å². The van der Waals surface area contributed by atoms with Gasteiger partial charge in [0, 0.05) is 19.0 Å². The Hall–Kier alpha value is -0.940. The highest BCUT2D eigenvalue weighted by atomic mass is 79.9. The van der Waals surface area contributed by atoms with Crippen molar-refractivity contribution in [1.29, 1.82) is 0 Å². The maximum absolute atomic E-state index is 11.8. The van der Waals surface area contributed by atoms with Crippen LogP contribution in [0.4, 0.5) is 0 Å². The van der Waals surface area contributed by atoms with Gasteiger partial charge >= 0.3 is 5.97 Å². The molecule has 0 bridgehead atoms. The number of carbonyl (C=O) groups excluding carboxylic acids is 1. The van der Waals surface area contributed by atoms with E-state index < -0.39 is 0 Å². The summed E-state index contributed by atoms with van der Waals surface area (Å²) in [5.41, 5.74) is 0.467. The molecule has 1 aromatic rings. The van der Waals surface area contributed by atoms with Gasteiger partial charge in [0.05, 0.1) is 18.8 Å². The zero-order chi connectivity index (χ0) is 11.4. The summed E-state index contributed by atoms with van der Waals surface area (Å²) in [6, 6.07) is 3.41. The van der Waals surface area contributed by atoms with Crippen LogP contribution in [0.1, 0.15) is 23.2 Å². The Balaban J connectivity index is 2.00. The van der Waals surface area contributed by atoms with Crippen LogP contribution in [0.2, 0.25) is 0 Å². The van der Waals surface area contributed by atoms with Crippen LogP contribution in [0.25, 0.3) is 0 Å². The first kappa shape index (κ1) is 11.5. The number of rotatable bonds is 2. The number of hydrogen-bond donors (Lipinski definition) is 0. The van der Waals surface area contributed by atoms with E-state index in [0.717, 1.165) is 12.8 Å². The van der Waals surface area contributed by atoms with Gasteiger partial charge in [0.25, 0.3) is 0 Å². The molecular formula is C11H12BrNO3. The molecule has 0 saturated carbocycles. The third-order valence-corrected chi connectivity index (χ3v) is 3.05. The monoisotopic (exact) mass is 285 g/mol. The zero-order valence-electron chi connectivity index (χ0n) is 8.69. The van der Waals surface area contributed by atoms with Gasteiger partial charge in [-0.3, -0.25) is 0 Å². The molecule has 2 rings (SSSR count). The fraction of sp³-hybridized carbons (Fsp3) is 0.455. The largest absolute Gasteiger partial charge is 0.459 e. The molecule has 0 radical (unpaired) electrons. The van der Waals surface area contributed by atoms with Gasteiger partial charge in [0.2, 0.25) is 0 Å². The molecule has 0 aliphatic carbocycles. The summed E-state index contributed by atoms with van der Waals surface area (Å²) in [4.78, 5) is 15.8. The van der Waals surface area contributed by atoms with Crippen molar-refractivity contribution in [2.24, 2.45) is 0 Å². The lowest BCUT2D eigenvalue weighted by Crippen LogP contribution is -2.26. The molecule has 0 amide bonds. The molecule has 0 atom stereocenters. The highest BCUT2D eigenvalue weighted by molar-refractivity contribution is 9.10. The lowest BCUT2D eigenvalue weighted by molar-refractivity contribution is -0.0160. The molecular weight excluding hydrogens is 274 g/mol. The highest BCUT2D eigenvalue weighted by Gasteiger charge is 2.20. The Labute approximate surface area is 102 Å². The summed E-state index contributed by atoms with van der Waals surface area (Å²) < 4.78 is 11.1. The molecule has 0 spiro atoms. The van der Waals surface area contributed by atoms with E-state index in [2.05, 4.69) is 20.9 Å². The molecule has 0 aromatic carbocycles. The molecule has 1 aromatic heterocycles. The minimum absolute atomic E-state index is 0.0339. The van der Waals surface area contributed by atoms with Gasteiger partial charge in [-0.15, -0.1) is 0 Å². The van der Waals surface area contributed by atoms with Gasteiger partial charge < -0.3 is 9.47 Å². The van der Waals surface area contributed by atoms with E-state index in [1.165, 1.54) is 0 Å². The minimum Gasteiger partial charge on any atom is -0.459 e. The third-order valence-electron chi connectivity index (χ3n) is 2.42. The first-order chi connectivity index (χ1) is 7.77. The first-order valence-electron chi connectivity index (χ1n) is 5.16. The van der Waals surface area contributed by atoms with E-state index in [1.54, 1.807) is 18.3 Å². The van der Waals surface area contributed by atoms with E-state index in [9.17, 15) is 4.79 Å². The minimum atomic E-state index is -0.327. The van der Waals surface area contributed by atoms with Crippen LogP contribution >= 0.6 is 15.9 Å². The smallest absolute Gasteiger partial charge is 0.341 e. The van der Waals surface area contributed by atoms with Crippen molar-refractivity contribution in [3.05, 3.63) is 28.5 Å². The van der Waals surface area contributed by atoms with Gasteiger partial charge in [-0.2, -0.15) is 0 Å². The summed E-state index contributed by atoms with van der Waals surface area (Å²) >= 11 is 3.23. The zero-order valence-corrected chi connectivity index (χ0v) is 10.3. The summed E-state index contributed by atoms with van der Waals surface area (Å²) in [6.07, 6.45) is 3.12. The van der Waals surface area contributed by atoms with Crippen molar-refractivity contribution in [2.45, 2.75) is 18.9 Å². The summed E-state index contributed by atoms with van der Waals surface area (Å²) in [7, 11) is 0. The number of esters is 1. The average Bonchev–Trinajstić information content (AvgIpc) is 2.31. The average molecular weight is 286 g/mol. The molecule has 5 heteroatoms. The van der Waals surface area contributed by atoms with Crippen LogP contribution in [-0.4, -0.2) is 30.3 Å². The number of aromatic nitrogens is 1. The van der Waals surface area contributed by atoms with Crippen LogP contribution in [0, 0.1) is 0 Å². The lowest BCUT2D eigenvalue weighted by Gasteiger charge is -2.22. The number of carbonyl (C=O) groups is 1. The Kier molecular flexibility index (Phi) is 3.90. The lowest BCUT2D eigenvalue weighted by atomic mass is 10.1. The van der Waals surface area contributed by atoms with Crippen molar-refractivity contribution in [3.63, 3.8) is 0 Å². The van der Waals surface area contributed by atoms with Gasteiger partial charge in [-0.1, -0.05) is 0 Å². The quantitative estimate of drug-likeness (QED) is 0.617. The summed E-state index contributed by atoms with van der Waals surface area (Å²) in [5.74, 6) is -0.327. The van der Waals surface area contributed by atoms with E-state index in [4.69, 9.17) is 9.47 Å². The first-order valence-corrected chi connectivity index (χ1v) is 5.96. The van der Waals surface area contributed by atoms with Crippen molar-refractivity contribution in [2.75, 3.05) is 13.2 Å². The fourth-order valence-electron chi connectivity index (χ4n) is 1.55. The van der Waals surface area contributed by atoms with Gasteiger partial charge in [-0.25, -0.2) is 9.78 Å². The number of halogens is 1. The second kappa shape index (κ2) is 5.41. The topological polar surface area (TPSA) is 48.4 Å². The molecule has 4 nitrogen and oxygen atoms in total. The predicted octanol–water partition coefficient (Wildman–Crippen LogP) is 2.18. The van der Waals surface area contributed by atoms with Crippen LogP contribution in [0.15, 0.2) is 22.9 Å². The Morgan fingerprint density at radius 1 is 1.50 bits per heavy atom. The van der Waals surface area contributed by atoms with Gasteiger partial charge in [0.15, 0.2) is 0 Å². The predicted molar refractivity (Wildman–Crippen MR) is 61.2 cm³/mol. The van der Waals surface area contributed by atoms with Crippen molar-refractivity contribution in [1.82, 2.24) is 4.98 Å². The number of ether oxygens (including phenoxy) is 2. The van der Waals surface area contributed by atoms with E-state index >= 15 is 0 Å². The standard InChI is InChI=1S/C11H12BrNO3/c12-10-9(2-1-5-13-10)11(14)16-8-3-6-15-7-4-8/h1-2,5,8H,3-4,6-7H2. The van der Waals surface area contributed by atoms with Crippen LogP contribution in [0.5, 0.6) is 0 Å². The van der Waals surface area contributed by atoms with Crippen LogP contribution in [0.3, 0.4) is 0 Å². The molecule has 1 fully saturated rings. The second-order valence-electron chi connectivity index (χ2n) is 3.56. The summed E-state index contributed by atoms with van der Waals surface area (Å²) in [6.45, 7) is 1.32. The maximum Gasteiger partial charge on any atom is 0.341 e. The van der Waals surface area contributed by atoms with Crippen molar-refractivity contribution in [3.8, 4) is 0 Å². The SMILES string of the molecule is O=C(OC1CCOCC1)c1cccnc1Br. The third kappa shape index (κ3) is 2.80. The number of nitrogens with zero attached hydrogens (tertiary/aromatic N) is 1. The Morgan fingerprint density at radius 3 is 2.94 bits per heavy atom. The number of pyridine rings is 1. The van der Waals surface area contributed by atoms with E-state index in [1.807, 2.05) is 0 Å². The van der Waals surface area contributed by atoms with Crippen LogP contribution < -0.4 is 0 Å². The summed E-state index contributed by atoms with van der Waals surface area (Å²) in [5, 5.41) is 0. The van der Waals surface area contributed by atoms with Crippen LogP contribution in [-0.2, 0) is 9.47 Å². The van der Waals surface area contributed by atoms with Gasteiger partial charge in [0.1, 0.15) is 10.7 Å². The maximum atomic E-state index is 11.8. The Morgan fingerprint density at radius 2 is 2.25 bits per heavy atom. The molecule has 1 aliphatic rings. The highest BCUT2D eigenvalue weighted by Crippen LogP contribution is 2.17. The van der Waals surface area contributed by atoms with Gasteiger partial charge in [-0.05, 0) is 28.1 Å². The van der Waals surface area contributed by atoms with Crippen molar-refractivity contribution < 1.29 is 14.3 Å². The molecule has 86 valence electrons. The molecule has 0 N–H and O–H groups in total. The van der Waals surface area contributed by atoms with E-state index in [0.29, 0.717) is 23.4 Å². The number of hydrogen-bond acceptors (Lipinski definition) is 4. The molecule has 0 unspecified atom stereocenters. The fourth-order valence-corrected chi connectivity index (χ4v) is 1.96. The molecule has 16 heavy (non-hydrogen) atoms. The van der Waals surface area contributed by atoms with E-state index in [-0.39, 0.29) is 12.1 Å². The normalized spacial score (nSPS) is 17.1. The molecule has 2 heterocycles. The second-order valence-corrected chi connectivity index (χ2v) is 4.31. The Bertz CT molecular complexity index is 377.